The van der Waals surface area contributed by atoms with E-state index in [1.807, 2.05) is 29.6 Å². The molecule has 0 atom stereocenters. The number of thiocarbonyl (C=S) groups is 1. The number of carbonyl (C=O) groups is 1. The molecule has 2 aromatic carbocycles. The Hall–Kier alpha value is -2.84. The van der Waals surface area contributed by atoms with Gasteiger partial charge in [0.15, 0.2) is 10.2 Å². The van der Waals surface area contributed by atoms with Crippen LogP contribution in [-0.2, 0) is 0 Å². The van der Waals surface area contributed by atoms with E-state index in [-0.39, 0.29) is 10.7 Å². The molecule has 132 valence electrons. The summed E-state index contributed by atoms with van der Waals surface area (Å²) in [5.41, 5.74) is 1.90. The van der Waals surface area contributed by atoms with Gasteiger partial charge in [0, 0.05) is 16.5 Å². The number of halogens is 1. The zero-order chi connectivity index (χ0) is 18.5. The highest BCUT2D eigenvalue weighted by molar-refractivity contribution is 7.80. The van der Waals surface area contributed by atoms with Gasteiger partial charge < -0.3 is 10.1 Å². The highest BCUT2D eigenvalue weighted by Gasteiger charge is 2.11. The Morgan fingerprint density at radius 1 is 1.23 bits per heavy atom. The highest BCUT2D eigenvalue weighted by Crippen LogP contribution is 2.26. The number of carbonyl (C=O) groups excluding carboxylic acids is 1. The molecule has 3 aromatic rings. The second kappa shape index (κ2) is 8.03. The summed E-state index contributed by atoms with van der Waals surface area (Å²) in [4.78, 5) is 16.5. The van der Waals surface area contributed by atoms with Gasteiger partial charge in [-0.1, -0.05) is 6.07 Å². The maximum atomic E-state index is 13.2. The zero-order valence-corrected chi connectivity index (χ0v) is 15.3. The smallest absolute Gasteiger partial charge is 0.257 e. The number of hydrogen-bond acceptors (Lipinski definition) is 5. The summed E-state index contributed by atoms with van der Waals surface area (Å²) < 4.78 is 18.3. The number of nitrogens with one attached hydrogen (secondary N) is 2. The van der Waals surface area contributed by atoms with Crippen LogP contribution in [0.4, 0.5) is 9.52 Å². The fourth-order valence-corrected chi connectivity index (χ4v) is 3.14. The van der Waals surface area contributed by atoms with E-state index in [4.69, 9.17) is 17.0 Å². The molecule has 0 radical (unpaired) electrons. The van der Waals surface area contributed by atoms with Gasteiger partial charge in [0.2, 0.25) is 0 Å². The van der Waals surface area contributed by atoms with E-state index in [1.165, 1.54) is 29.5 Å². The molecule has 0 saturated carbocycles. The minimum Gasteiger partial charge on any atom is -0.497 e. The maximum absolute atomic E-state index is 13.2. The van der Waals surface area contributed by atoms with Gasteiger partial charge in [0.05, 0.1) is 12.8 Å². The van der Waals surface area contributed by atoms with Gasteiger partial charge in [-0.05, 0) is 54.7 Å². The lowest BCUT2D eigenvalue weighted by Crippen LogP contribution is -2.34. The highest BCUT2D eigenvalue weighted by atomic mass is 32.1. The van der Waals surface area contributed by atoms with E-state index in [2.05, 4.69) is 15.6 Å². The normalized spacial score (nSPS) is 10.2. The lowest BCUT2D eigenvalue weighted by atomic mass is 10.2. The average molecular weight is 387 g/mol. The van der Waals surface area contributed by atoms with E-state index in [0.717, 1.165) is 23.1 Å². The third kappa shape index (κ3) is 4.41. The number of nitrogens with zero attached hydrogens (tertiary/aromatic N) is 1. The van der Waals surface area contributed by atoms with Gasteiger partial charge in [0.25, 0.3) is 5.91 Å². The molecule has 0 aliphatic heterocycles. The van der Waals surface area contributed by atoms with Crippen molar-refractivity contribution in [3.05, 3.63) is 65.3 Å². The number of ether oxygens (including phenoxy) is 1. The van der Waals surface area contributed by atoms with E-state index in [1.54, 1.807) is 7.11 Å². The van der Waals surface area contributed by atoms with Crippen LogP contribution in [0.5, 0.6) is 5.75 Å². The summed E-state index contributed by atoms with van der Waals surface area (Å²) in [6.45, 7) is 0. The summed E-state index contributed by atoms with van der Waals surface area (Å²) in [7, 11) is 1.61. The standard InChI is InChI=1S/C18H14FN3O2S2/c1-24-14-7-5-11(6-8-14)15-10-26-18(20-15)22-17(25)21-16(23)12-3-2-4-13(19)9-12/h2-10H,1H3,(H2,20,21,22,23,25). The molecule has 1 aromatic heterocycles. The second-order valence-electron chi connectivity index (χ2n) is 5.18. The lowest BCUT2D eigenvalue weighted by Gasteiger charge is -2.07. The van der Waals surface area contributed by atoms with Gasteiger partial charge in [-0.2, -0.15) is 0 Å². The number of aromatic nitrogens is 1. The fraction of sp³-hybridized carbons (Fsp3) is 0.0556. The van der Waals surface area contributed by atoms with Crippen molar-refractivity contribution >= 4 is 39.7 Å². The lowest BCUT2D eigenvalue weighted by molar-refractivity contribution is 0.0977. The number of hydrogen-bond donors (Lipinski definition) is 2. The number of amides is 1. The van der Waals surface area contributed by atoms with Crippen molar-refractivity contribution in [3.63, 3.8) is 0 Å². The van der Waals surface area contributed by atoms with Crippen molar-refractivity contribution in [2.45, 2.75) is 0 Å². The first-order valence-corrected chi connectivity index (χ1v) is 8.82. The first-order valence-electron chi connectivity index (χ1n) is 7.53. The van der Waals surface area contributed by atoms with E-state index >= 15 is 0 Å². The molecule has 0 aliphatic rings. The Balaban J connectivity index is 1.63. The Bertz CT molecular complexity index is 942. The van der Waals surface area contributed by atoms with Crippen molar-refractivity contribution in [2.75, 3.05) is 12.4 Å². The van der Waals surface area contributed by atoms with Crippen molar-refractivity contribution in [1.82, 2.24) is 10.3 Å². The Labute approximate surface area is 158 Å². The Kier molecular flexibility index (Phi) is 5.55. The van der Waals surface area contributed by atoms with E-state index in [0.29, 0.717) is 5.13 Å². The van der Waals surface area contributed by atoms with Crippen LogP contribution in [0.15, 0.2) is 53.9 Å². The topological polar surface area (TPSA) is 63.2 Å². The largest absolute Gasteiger partial charge is 0.497 e. The van der Waals surface area contributed by atoms with Crippen LogP contribution in [-0.4, -0.2) is 23.1 Å². The summed E-state index contributed by atoms with van der Waals surface area (Å²) in [6.07, 6.45) is 0. The monoisotopic (exact) mass is 387 g/mol. The molecule has 2 N–H and O–H groups in total. The van der Waals surface area contributed by atoms with E-state index < -0.39 is 11.7 Å². The van der Waals surface area contributed by atoms with Gasteiger partial charge in [0.1, 0.15) is 11.6 Å². The van der Waals surface area contributed by atoms with Crippen LogP contribution < -0.4 is 15.4 Å². The first kappa shape index (κ1) is 18.0. The van der Waals surface area contributed by atoms with E-state index in [9.17, 15) is 9.18 Å². The summed E-state index contributed by atoms with van der Waals surface area (Å²) >= 11 is 6.47. The molecule has 0 aliphatic carbocycles. The number of methoxy groups -OCH3 is 1. The van der Waals surface area contributed by atoms with Crippen molar-refractivity contribution < 1.29 is 13.9 Å². The van der Waals surface area contributed by atoms with Crippen LogP contribution in [0.1, 0.15) is 10.4 Å². The molecule has 0 saturated heterocycles. The molecule has 1 heterocycles. The fourth-order valence-electron chi connectivity index (χ4n) is 2.16. The molecule has 0 bridgehead atoms. The number of benzene rings is 2. The molecule has 0 fully saturated rings. The first-order chi connectivity index (χ1) is 12.5. The number of anilines is 1. The van der Waals surface area contributed by atoms with Crippen LogP contribution in [0, 0.1) is 5.82 Å². The molecule has 0 unspecified atom stereocenters. The predicted octanol–water partition coefficient (Wildman–Crippen LogP) is 4.08. The summed E-state index contributed by atoms with van der Waals surface area (Å²) in [5, 5.41) is 7.87. The minimum absolute atomic E-state index is 0.0925. The zero-order valence-electron chi connectivity index (χ0n) is 13.7. The molecule has 5 nitrogen and oxygen atoms in total. The van der Waals surface area contributed by atoms with Crippen LogP contribution in [0.25, 0.3) is 11.3 Å². The van der Waals surface area contributed by atoms with Crippen LogP contribution in [0.3, 0.4) is 0 Å². The summed E-state index contributed by atoms with van der Waals surface area (Å²) in [5.74, 6) is -0.210. The van der Waals surface area contributed by atoms with Crippen LogP contribution >= 0.6 is 23.6 Å². The molecule has 26 heavy (non-hydrogen) atoms. The van der Waals surface area contributed by atoms with Crippen molar-refractivity contribution in [2.24, 2.45) is 0 Å². The minimum atomic E-state index is -0.492. The van der Waals surface area contributed by atoms with Crippen molar-refractivity contribution in [3.8, 4) is 17.0 Å². The quantitative estimate of drug-likeness (QED) is 0.661. The van der Waals surface area contributed by atoms with Crippen LogP contribution in [0.2, 0.25) is 0 Å². The predicted molar refractivity (Wildman–Crippen MR) is 104 cm³/mol. The van der Waals surface area contributed by atoms with Gasteiger partial charge >= 0.3 is 0 Å². The second-order valence-corrected chi connectivity index (χ2v) is 6.45. The maximum Gasteiger partial charge on any atom is 0.257 e. The molecular formula is C18H14FN3O2S2. The number of rotatable bonds is 4. The molecule has 3 rings (SSSR count). The Morgan fingerprint density at radius 2 is 2.00 bits per heavy atom. The average Bonchev–Trinajstić information content (AvgIpc) is 3.10. The number of thiazole rings is 1. The molecule has 8 heteroatoms. The molecular weight excluding hydrogens is 373 g/mol. The molecule has 0 spiro atoms. The van der Waals surface area contributed by atoms with Gasteiger partial charge in [-0.3, -0.25) is 10.1 Å². The van der Waals surface area contributed by atoms with Crippen molar-refractivity contribution in [1.29, 1.82) is 0 Å². The summed E-state index contributed by atoms with van der Waals surface area (Å²) in [6, 6.07) is 12.9. The van der Waals surface area contributed by atoms with Gasteiger partial charge in [-0.15, -0.1) is 11.3 Å². The molecule has 1 amide bonds. The Morgan fingerprint density at radius 3 is 2.69 bits per heavy atom. The van der Waals surface area contributed by atoms with Gasteiger partial charge in [-0.25, -0.2) is 9.37 Å². The third-order valence-corrected chi connectivity index (χ3v) is 4.39. The third-order valence-electron chi connectivity index (χ3n) is 3.42. The SMILES string of the molecule is COc1ccc(-c2csc(NC(=S)NC(=O)c3cccc(F)c3)n2)cc1.